The minimum atomic E-state index is -4.54. The van der Waals surface area contributed by atoms with Gasteiger partial charge in [0.05, 0.1) is 5.56 Å². The van der Waals surface area contributed by atoms with Gasteiger partial charge in [-0.15, -0.1) is 0 Å². The van der Waals surface area contributed by atoms with Crippen LogP contribution in [0.2, 0.25) is 0 Å². The van der Waals surface area contributed by atoms with Gasteiger partial charge in [0.25, 0.3) is 6.01 Å². The summed E-state index contributed by atoms with van der Waals surface area (Å²) in [5.74, 6) is -0.503. The second-order valence-electron chi connectivity index (χ2n) is 3.34. The first-order valence-corrected chi connectivity index (χ1v) is 4.49. The summed E-state index contributed by atoms with van der Waals surface area (Å²) in [4.78, 5) is 3.68. The number of hydrogen-bond acceptors (Lipinski definition) is 4. The van der Waals surface area contributed by atoms with Crippen LogP contribution in [0.15, 0.2) is 28.9 Å². The Morgan fingerprint density at radius 3 is 2.47 bits per heavy atom. The fraction of sp³-hybridized carbons (Fsp3) is 0.100. The number of oxazole rings is 1. The monoisotopic (exact) mass is 244 g/mol. The van der Waals surface area contributed by atoms with Crippen LogP contribution in [0.4, 0.5) is 19.2 Å². The van der Waals surface area contributed by atoms with E-state index in [-0.39, 0.29) is 17.3 Å². The average Bonchev–Trinajstić information content (AvgIpc) is 2.62. The quantitative estimate of drug-likeness (QED) is 0.808. The van der Waals surface area contributed by atoms with Crippen LogP contribution in [-0.2, 0) is 6.18 Å². The fourth-order valence-electron chi connectivity index (χ4n) is 1.34. The molecule has 4 nitrogen and oxygen atoms in total. The number of benzene rings is 1. The van der Waals surface area contributed by atoms with Crippen molar-refractivity contribution in [2.24, 2.45) is 0 Å². The molecule has 0 bridgehead atoms. The van der Waals surface area contributed by atoms with Gasteiger partial charge in [-0.1, -0.05) is 0 Å². The third kappa shape index (κ3) is 2.32. The maximum Gasteiger partial charge on any atom is 0.416 e. The molecule has 3 N–H and O–H groups in total. The van der Waals surface area contributed by atoms with Crippen molar-refractivity contribution in [3.05, 3.63) is 30.0 Å². The molecule has 0 aliphatic heterocycles. The van der Waals surface area contributed by atoms with Gasteiger partial charge < -0.3 is 15.3 Å². The fourth-order valence-corrected chi connectivity index (χ4v) is 1.34. The molecular formula is C10H7F3N2O2. The first-order chi connectivity index (χ1) is 7.86. The van der Waals surface area contributed by atoms with Crippen molar-refractivity contribution in [2.45, 2.75) is 6.18 Å². The van der Waals surface area contributed by atoms with Gasteiger partial charge in [0, 0.05) is 5.56 Å². The van der Waals surface area contributed by atoms with E-state index in [1.54, 1.807) is 0 Å². The largest absolute Gasteiger partial charge is 0.508 e. The van der Waals surface area contributed by atoms with Crippen LogP contribution in [0.5, 0.6) is 5.75 Å². The number of nitrogens with zero attached hydrogens (tertiary/aromatic N) is 1. The zero-order valence-electron chi connectivity index (χ0n) is 8.32. The van der Waals surface area contributed by atoms with E-state index in [0.29, 0.717) is 6.07 Å². The molecule has 0 aliphatic carbocycles. The van der Waals surface area contributed by atoms with Gasteiger partial charge in [0.1, 0.15) is 17.7 Å². The van der Waals surface area contributed by atoms with Gasteiger partial charge in [0.2, 0.25) is 0 Å². The van der Waals surface area contributed by atoms with E-state index in [1.807, 2.05) is 0 Å². The highest BCUT2D eigenvalue weighted by molar-refractivity contribution is 5.62. The smallest absolute Gasteiger partial charge is 0.416 e. The molecule has 1 heterocycles. The van der Waals surface area contributed by atoms with Crippen molar-refractivity contribution >= 4 is 6.01 Å². The van der Waals surface area contributed by atoms with Gasteiger partial charge >= 0.3 is 6.18 Å². The van der Waals surface area contributed by atoms with E-state index in [4.69, 9.17) is 5.73 Å². The molecule has 0 spiro atoms. The second-order valence-corrected chi connectivity index (χ2v) is 3.34. The number of aromatic nitrogens is 1. The molecule has 2 rings (SSSR count). The van der Waals surface area contributed by atoms with Gasteiger partial charge in [-0.05, 0) is 18.2 Å². The molecule has 0 fully saturated rings. The number of phenols is 1. The van der Waals surface area contributed by atoms with Crippen molar-refractivity contribution < 1.29 is 22.7 Å². The lowest BCUT2D eigenvalue weighted by Gasteiger charge is -2.08. The molecule has 0 amide bonds. The van der Waals surface area contributed by atoms with Gasteiger partial charge in [-0.25, -0.2) is 0 Å². The number of phenolic OH excluding ortho intramolecular Hbond substituents is 1. The predicted molar refractivity (Wildman–Crippen MR) is 53.0 cm³/mol. The summed E-state index contributed by atoms with van der Waals surface area (Å²) in [5.41, 5.74) is 4.46. The summed E-state index contributed by atoms with van der Waals surface area (Å²) in [7, 11) is 0. The zero-order chi connectivity index (χ0) is 12.6. The number of aromatic hydroxyl groups is 1. The standard InChI is InChI=1S/C10H7F3N2O2/c11-10(12,13)6-1-5(2-7(16)3-6)8-4-17-9(14)15-8/h1-4,16H,(H2,14,15). The number of nitrogens with two attached hydrogens (primary N) is 1. The van der Waals surface area contributed by atoms with Gasteiger partial charge in [-0.2, -0.15) is 18.2 Å². The van der Waals surface area contributed by atoms with E-state index in [0.717, 1.165) is 18.4 Å². The molecule has 1 aromatic carbocycles. The highest BCUT2D eigenvalue weighted by Crippen LogP contribution is 2.35. The van der Waals surface area contributed by atoms with Gasteiger partial charge in [-0.3, -0.25) is 0 Å². The molecule has 0 saturated carbocycles. The minimum absolute atomic E-state index is 0.0813. The molecule has 1 aromatic heterocycles. The van der Waals surface area contributed by atoms with E-state index in [2.05, 4.69) is 9.40 Å². The van der Waals surface area contributed by atoms with E-state index in [9.17, 15) is 18.3 Å². The normalized spacial score (nSPS) is 11.7. The van der Waals surface area contributed by atoms with E-state index in [1.165, 1.54) is 0 Å². The summed E-state index contributed by atoms with van der Waals surface area (Å²) in [6.45, 7) is 0. The second kappa shape index (κ2) is 3.69. The SMILES string of the molecule is Nc1nc(-c2cc(O)cc(C(F)(F)F)c2)co1. The third-order valence-electron chi connectivity index (χ3n) is 2.06. The van der Waals surface area contributed by atoms with E-state index >= 15 is 0 Å². The van der Waals surface area contributed by atoms with Crippen LogP contribution in [0.25, 0.3) is 11.3 Å². The van der Waals surface area contributed by atoms with Crippen LogP contribution in [-0.4, -0.2) is 10.1 Å². The third-order valence-corrected chi connectivity index (χ3v) is 2.06. The lowest BCUT2D eigenvalue weighted by molar-refractivity contribution is -0.137. The molecule has 0 saturated heterocycles. The van der Waals surface area contributed by atoms with Crippen LogP contribution in [0.1, 0.15) is 5.56 Å². The topological polar surface area (TPSA) is 72.3 Å². The summed E-state index contributed by atoms with van der Waals surface area (Å²) < 4.78 is 42.2. The predicted octanol–water partition coefficient (Wildman–Crippen LogP) is 2.65. The summed E-state index contributed by atoms with van der Waals surface area (Å²) in [6.07, 6.45) is -3.42. The molecule has 90 valence electrons. The van der Waals surface area contributed by atoms with Crippen LogP contribution >= 0.6 is 0 Å². The zero-order valence-corrected chi connectivity index (χ0v) is 8.32. The Balaban J connectivity index is 2.52. The van der Waals surface area contributed by atoms with Crippen LogP contribution in [0, 0.1) is 0 Å². The lowest BCUT2D eigenvalue weighted by atomic mass is 10.1. The number of rotatable bonds is 1. The summed E-state index contributed by atoms with van der Waals surface area (Å²) in [5, 5.41) is 9.24. The van der Waals surface area contributed by atoms with Crippen molar-refractivity contribution in [1.82, 2.24) is 4.98 Å². The average molecular weight is 244 g/mol. The highest BCUT2D eigenvalue weighted by atomic mass is 19.4. The van der Waals surface area contributed by atoms with Crippen LogP contribution in [0.3, 0.4) is 0 Å². The Morgan fingerprint density at radius 1 is 1.24 bits per heavy atom. The van der Waals surface area contributed by atoms with Crippen molar-refractivity contribution in [3.8, 4) is 17.0 Å². The van der Waals surface area contributed by atoms with Crippen molar-refractivity contribution in [2.75, 3.05) is 5.73 Å². The summed E-state index contributed by atoms with van der Waals surface area (Å²) >= 11 is 0. The molecule has 0 unspecified atom stereocenters. The molecule has 0 atom stereocenters. The molecule has 7 heteroatoms. The number of hydrogen-bond donors (Lipinski definition) is 2. The molecule has 0 aliphatic rings. The Labute approximate surface area is 93.5 Å². The molecule has 17 heavy (non-hydrogen) atoms. The Bertz CT molecular complexity index is 549. The Kier molecular flexibility index (Phi) is 2.45. The molecular weight excluding hydrogens is 237 g/mol. The number of anilines is 1. The number of alkyl halides is 3. The number of halogens is 3. The first kappa shape index (κ1) is 11.3. The Morgan fingerprint density at radius 2 is 1.94 bits per heavy atom. The molecule has 0 radical (unpaired) electrons. The maximum atomic E-state index is 12.5. The lowest BCUT2D eigenvalue weighted by Crippen LogP contribution is -2.04. The highest BCUT2D eigenvalue weighted by Gasteiger charge is 2.31. The number of nitrogen functional groups attached to an aromatic ring is 1. The van der Waals surface area contributed by atoms with Crippen molar-refractivity contribution in [3.63, 3.8) is 0 Å². The van der Waals surface area contributed by atoms with Crippen molar-refractivity contribution in [1.29, 1.82) is 0 Å². The first-order valence-electron chi connectivity index (χ1n) is 4.49. The van der Waals surface area contributed by atoms with Crippen LogP contribution < -0.4 is 5.73 Å². The Hall–Kier alpha value is -2.18. The molecule has 2 aromatic rings. The maximum absolute atomic E-state index is 12.5. The van der Waals surface area contributed by atoms with Gasteiger partial charge in [0.15, 0.2) is 0 Å². The summed E-state index contributed by atoms with van der Waals surface area (Å²) in [6, 6.07) is 2.48. The minimum Gasteiger partial charge on any atom is -0.508 e. The van der Waals surface area contributed by atoms with E-state index < -0.39 is 17.5 Å².